The maximum Gasteiger partial charge on any atom is 0.323 e. The fraction of sp³-hybridized carbons (Fsp3) is 0.500. The number of hydrogen-bond acceptors (Lipinski definition) is 5. The van der Waals surface area contributed by atoms with Crippen LogP contribution in [0.3, 0.4) is 0 Å². The van der Waals surface area contributed by atoms with E-state index in [1.54, 1.807) is 16.2 Å². The molecule has 22 heavy (non-hydrogen) atoms. The SMILES string of the molecule is O=C(Nc1nc2ccsc2s1)N1C[C@@H]2CCC[C@@]2(C(=O)O)C1. The van der Waals surface area contributed by atoms with Crippen molar-refractivity contribution in [1.82, 2.24) is 9.88 Å². The van der Waals surface area contributed by atoms with Crippen molar-refractivity contribution in [2.45, 2.75) is 19.3 Å². The summed E-state index contributed by atoms with van der Waals surface area (Å²) >= 11 is 3.05. The van der Waals surface area contributed by atoms with Crippen LogP contribution in [0.15, 0.2) is 11.4 Å². The van der Waals surface area contributed by atoms with Gasteiger partial charge in [0.05, 0.1) is 10.9 Å². The molecule has 2 amide bonds. The summed E-state index contributed by atoms with van der Waals surface area (Å²) < 4.78 is 1.08. The number of anilines is 1. The van der Waals surface area contributed by atoms with Gasteiger partial charge in [0, 0.05) is 13.1 Å². The van der Waals surface area contributed by atoms with Crippen LogP contribution in [0.1, 0.15) is 19.3 Å². The summed E-state index contributed by atoms with van der Waals surface area (Å²) in [6.45, 7) is 0.830. The molecular formula is C14H15N3O3S2. The average Bonchev–Trinajstić information content (AvgIpc) is 3.15. The van der Waals surface area contributed by atoms with E-state index < -0.39 is 11.4 Å². The topological polar surface area (TPSA) is 82.5 Å². The highest BCUT2D eigenvalue weighted by Gasteiger charge is 2.55. The number of hydrogen-bond donors (Lipinski definition) is 2. The lowest BCUT2D eigenvalue weighted by Crippen LogP contribution is -2.38. The van der Waals surface area contributed by atoms with Gasteiger partial charge in [0.2, 0.25) is 0 Å². The highest BCUT2D eigenvalue weighted by Crippen LogP contribution is 2.49. The van der Waals surface area contributed by atoms with Crippen molar-refractivity contribution < 1.29 is 14.7 Å². The number of amides is 2. The van der Waals surface area contributed by atoms with Gasteiger partial charge in [-0.2, -0.15) is 0 Å². The van der Waals surface area contributed by atoms with Gasteiger partial charge in [-0.3, -0.25) is 10.1 Å². The molecule has 0 bridgehead atoms. The monoisotopic (exact) mass is 337 g/mol. The molecule has 3 heterocycles. The molecule has 2 atom stereocenters. The first-order valence-electron chi connectivity index (χ1n) is 7.22. The Labute approximate surface area is 134 Å². The lowest BCUT2D eigenvalue weighted by molar-refractivity contribution is -0.149. The van der Waals surface area contributed by atoms with E-state index in [-0.39, 0.29) is 11.9 Å². The van der Waals surface area contributed by atoms with Crippen molar-refractivity contribution in [3.8, 4) is 0 Å². The Morgan fingerprint density at radius 1 is 1.50 bits per heavy atom. The lowest BCUT2D eigenvalue weighted by Gasteiger charge is -2.23. The van der Waals surface area contributed by atoms with Gasteiger partial charge in [-0.05, 0) is 30.2 Å². The minimum atomic E-state index is -0.764. The van der Waals surface area contributed by atoms with Crippen LogP contribution < -0.4 is 5.32 Å². The van der Waals surface area contributed by atoms with Crippen molar-refractivity contribution in [1.29, 1.82) is 0 Å². The van der Waals surface area contributed by atoms with Crippen LogP contribution in [-0.4, -0.2) is 40.1 Å². The third-order valence-electron chi connectivity index (χ3n) is 4.82. The molecule has 2 aromatic rings. The van der Waals surface area contributed by atoms with Crippen molar-refractivity contribution in [3.63, 3.8) is 0 Å². The number of carboxylic acid groups (broad SMARTS) is 1. The van der Waals surface area contributed by atoms with Crippen LogP contribution >= 0.6 is 22.7 Å². The number of fused-ring (bicyclic) bond motifs is 2. The van der Waals surface area contributed by atoms with Gasteiger partial charge >= 0.3 is 12.0 Å². The van der Waals surface area contributed by atoms with E-state index in [9.17, 15) is 14.7 Å². The maximum atomic E-state index is 12.4. The van der Waals surface area contributed by atoms with Gasteiger partial charge in [0.1, 0.15) is 4.01 Å². The number of aromatic nitrogens is 1. The number of carboxylic acids is 1. The smallest absolute Gasteiger partial charge is 0.323 e. The highest BCUT2D eigenvalue weighted by molar-refractivity contribution is 7.39. The van der Waals surface area contributed by atoms with Gasteiger partial charge in [0.25, 0.3) is 0 Å². The Kier molecular flexibility index (Phi) is 3.12. The van der Waals surface area contributed by atoms with Crippen LogP contribution in [0.2, 0.25) is 0 Å². The number of carbonyl (C=O) groups excluding carboxylic acids is 1. The Morgan fingerprint density at radius 2 is 2.36 bits per heavy atom. The minimum absolute atomic E-state index is 0.0792. The Bertz CT molecular complexity index is 727. The number of nitrogens with one attached hydrogen (secondary N) is 1. The average molecular weight is 337 g/mol. The lowest BCUT2D eigenvalue weighted by atomic mass is 9.81. The molecule has 1 saturated carbocycles. The van der Waals surface area contributed by atoms with E-state index in [1.165, 1.54) is 11.3 Å². The Hall–Kier alpha value is -1.67. The predicted molar refractivity (Wildman–Crippen MR) is 85.5 cm³/mol. The number of thiazole rings is 1. The molecule has 2 fully saturated rings. The van der Waals surface area contributed by atoms with Crippen molar-refractivity contribution in [3.05, 3.63) is 11.4 Å². The molecule has 2 aromatic heterocycles. The number of urea groups is 1. The summed E-state index contributed by atoms with van der Waals surface area (Å²) in [7, 11) is 0. The first-order valence-corrected chi connectivity index (χ1v) is 8.91. The first-order chi connectivity index (χ1) is 10.6. The summed E-state index contributed by atoms with van der Waals surface area (Å²) in [5.74, 6) is -0.685. The number of aliphatic carboxylic acids is 1. The predicted octanol–water partition coefficient (Wildman–Crippen LogP) is 3.08. The Balaban J connectivity index is 1.50. The third kappa shape index (κ3) is 2.01. The summed E-state index contributed by atoms with van der Waals surface area (Å²) in [4.78, 5) is 30.0. The number of carbonyl (C=O) groups is 2. The van der Waals surface area contributed by atoms with E-state index in [0.29, 0.717) is 24.6 Å². The van der Waals surface area contributed by atoms with E-state index >= 15 is 0 Å². The zero-order chi connectivity index (χ0) is 15.3. The van der Waals surface area contributed by atoms with Crippen LogP contribution in [0.5, 0.6) is 0 Å². The molecular weight excluding hydrogens is 322 g/mol. The number of thiophene rings is 1. The number of likely N-dealkylation sites (tertiary alicyclic amines) is 1. The number of rotatable bonds is 2. The molecule has 0 unspecified atom stereocenters. The van der Waals surface area contributed by atoms with Gasteiger partial charge < -0.3 is 10.0 Å². The van der Waals surface area contributed by atoms with Crippen molar-refractivity contribution >= 4 is 49.3 Å². The van der Waals surface area contributed by atoms with E-state index in [1.807, 2.05) is 11.4 Å². The zero-order valence-electron chi connectivity index (χ0n) is 11.7. The molecule has 1 saturated heterocycles. The van der Waals surface area contributed by atoms with Crippen LogP contribution in [0.4, 0.5) is 9.93 Å². The first kappa shape index (κ1) is 14.0. The Morgan fingerprint density at radius 3 is 3.09 bits per heavy atom. The summed E-state index contributed by atoms with van der Waals surface area (Å²) in [6.07, 6.45) is 2.50. The van der Waals surface area contributed by atoms with Crippen LogP contribution in [-0.2, 0) is 4.79 Å². The van der Waals surface area contributed by atoms with Crippen molar-refractivity contribution in [2.75, 3.05) is 18.4 Å². The van der Waals surface area contributed by atoms with Gasteiger partial charge in [-0.25, -0.2) is 9.78 Å². The normalized spacial score (nSPS) is 27.3. The molecule has 4 rings (SSSR count). The fourth-order valence-electron chi connectivity index (χ4n) is 3.69. The second kappa shape index (κ2) is 4.92. The molecule has 2 aliphatic rings. The van der Waals surface area contributed by atoms with Gasteiger partial charge in [-0.1, -0.05) is 17.8 Å². The molecule has 116 valence electrons. The van der Waals surface area contributed by atoms with Crippen LogP contribution in [0, 0.1) is 11.3 Å². The van der Waals surface area contributed by atoms with Crippen molar-refractivity contribution in [2.24, 2.45) is 11.3 Å². The van der Waals surface area contributed by atoms with E-state index in [4.69, 9.17) is 0 Å². The van der Waals surface area contributed by atoms with E-state index in [0.717, 1.165) is 22.4 Å². The number of nitrogens with zero attached hydrogens (tertiary/aromatic N) is 2. The molecule has 1 aliphatic carbocycles. The molecule has 0 spiro atoms. The van der Waals surface area contributed by atoms with Gasteiger partial charge in [-0.15, -0.1) is 11.3 Å². The standard InChI is InChI=1S/C14H15N3O3S2/c18-11(19)14-4-1-2-8(14)6-17(7-14)13(20)16-12-15-9-3-5-21-10(9)22-12/h3,5,8H,1-2,4,6-7H2,(H,18,19)(H,15,16,20)/t8-,14+/m0/s1. The molecule has 0 aromatic carbocycles. The maximum absolute atomic E-state index is 12.4. The highest BCUT2D eigenvalue weighted by atomic mass is 32.2. The zero-order valence-corrected chi connectivity index (χ0v) is 13.4. The summed E-state index contributed by atoms with van der Waals surface area (Å²) in [5.41, 5.74) is 0.159. The fourth-order valence-corrected chi connectivity index (χ4v) is 5.51. The molecule has 6 nitrogen and oxygen atoms in total. The molecule has 2 N–H and O–H groups in total. The molecule has 1 aliphatic heterocycles. The summed E-state index contributed by atoms with van der Waals surface area (Å²) in [5, 5.41) is 14.9. The third-order valence-corrected chi connectivity index (χ3v) is 6.83. The van der Waals surface area contributed by atoms with Gasteiger partial charge in [0.15, 0.2) is 5.13 Å². The minimum Gasteiger partial charge on any atom is -0.481 e. The van der Waals surface area contributed by atoms with Crippen LogP contribution in [0.25, 0.3) is 9.53 Å². The molecule has 0 radical (unpaired) electrons. The largest absolute Gasteiger partial charge is 0.481 e. The van der Waals surface area contributed by atoms with E-state index in [2.05, 4.69) is 10.3 Å². The quantitative estimate of drug-likeness (QED) is 0.882. The second-order valence-corrected chi connectivity index (χ2v) is 8.15. The molecule has 8 heteroatoms. The summed E-state index contributed by atoms with van der Waals surface area (Å²) in [6, 6.07) is 1.68. The second-order valence-electron chi connectivity index (χ2n) is 5.97.